The number of benzene rings is 2. The first kappa shape index (κ1) is 15.9. The summed E-state index contributed by atoms with van der Waals surface area (Å²) in [5.74, 6) is 0.586. The Morgan fingerprint density at radius 1 is 0.783 bits per heavy atom. The third-order valence-corrected chi connectivity index (χ3v) is 4.30. The molecule has 3 heteroatoms. The van der Waals surface area contributed by atoms with Crippen LogP contribution in [0.5, 0.6) is 0 Å². The molecule has 2 aromatic carbocycles. The minimum atomic E-state index is -0.00511. The fourth-order valence-electron chi connectivity index (χ4n) is 2.84. The highest BCUT2D eigenvalue weighted by Gasteiger charge is 2.39. The van der Waals surface area contributed by atoms with E-state index in [4.69, 9.17) is 9.47 Å². The molecule has 3 rings (SSSR count). The van der Waals surface area contributed by atoms with E-state index in [0.717, 1.165) is 11.1 Å². The van der Waals surface area contributed by atoms with Crippen molar-refractivity contribution in [2.45, 2.75) is 19.6 Å². The molecule has 0 amide bonds. The van der Waals surface area contributed by atoms with E-state index in [-0.39, 0.29) is 5.92 Å². The molecule has 3 nitrogen and oxygen atoms in total. The fourth-order valence-corrected chi connectivity index (χ4v) is 2.84. The van der Waals surface area contributed by atoms with E-state index < -0.39 is 0 Å². The van der Waals surface area contributed by atoms with Gasteiger partial charge in [-0.25, -0.2) is 0 Å². The zero-order valence-corrected chi connectivity index (χ0v) is 13.2. The summed E-state index contributed by atoms with van der Waals surface area (Å²) in [5.41, 5.74) is 2.30. The molecule has 120 valence electrons. The van der Waals surface area contributed by atoms with E-state index in [0.29, 0.717) is 44.5 Å². The van der Waals surface area contributed by atoms with E-state index in [1.165, 1.54) is 0 Å². The van der Waals surface area contributed by atoms with Crippen molar-refractivity contribution in [3.05, 3.63) is 71.8 Å². The number of Topliss-reactive ketones (excluding diaryl/α,β-unsaturated/α-hetero) is 1. The molecule has 0 unspecified atom stereocenters. The zero-order valence-electron chi connectivity index (χ0n) is 13.2. The van der Waals surface area contributed by atoms with Crippen LogP contribution in [0.2, 0.25) is 0 Å². The minimum absolute atomic E-state index is 0.00511. The van der Waals surface area contributed by atoms with Crippen molar-refractivity contribution >= 4 is 5.78 Å². The molecule has 2 aromatic rings. The van der Waals surface area contributed by atoms with Crippen molar-refractivity contribution in [2.75, 3.05) is 13.2 Å². The van der Waals surface area contributed by atoms with Crippen molar-refractivity contribution in [3.8, 4) is 0 Å². The van der Waals surface area contributed by atoms with Gasteiger partial charge in [-0.3, -0.25) is 4.79 Å². The van der Waals surface area contributed by atoms with Crippen LogP contribution in [0.1, 0.15) is 17.5 Å². The first-order valence-electron chi connectivity index (χ1n) is 8.09. The SMILES string of the molecule is O=C1C[C@@H](COCc2ccccc2)[C@@H]1COCc1ccccc1. The van der Waals surface area contributed by atoms with Crippen LogP contribution >= 0.6 is 0 Å². The van der Waals surface area contributed by atoms with E-state index in [1.54, 1.807) is 0 Å². The Kier molecular flexibility index (Phi) is 5.56. The maximum absolute atomic E-state index is 11.8. The molecule has 23 heavy (non-hydrogen) atoms. The van der Waals surface area contributed by atoms with Crippen LogP contribution in [-0.2, 0) is 27.5 Å². The predicted octanol–water partition coefficient (Wildman–Crippen LogP) is 3.63. The Labute approximate surface area is 137 Å². The van der Waals surface area contributed by atoms with Gasteiger partial charge in [0.2, 0.25) is 0 Å². The Morgan fingerprint density at radius 3 is 1.83 bits per heavy atom. The first-order chi connectivity index (χ1) is 11.3. The molecular weight excluding hydrogens is 288 g/mol. The molecule has 0 bridgehead atoms. The monoisotopic (exact) mass is 310 g/mol. The number of rotatable bonds is 8. The van der Waals surface area contributed by atoms with Crippen LogP contribution in [0.4, 0.5) is 0 Å². The number of ketones is 1. The Bertz CT molecular complexity index is 609. The molecule has 0 saturated heterocycles. The lowest BCUT2D eigenvalue weighted by molar-refractivity contribution is -0.141. The molecule has 0 N–H and O–H groups in total. The minimum Gasteiger partial charge on any atom is -0.376 e. The lowest BCUT2D eigenvalue weighted by Crippen LogP contribution is -2.42. The average molecular weight is 310 g/mol. The van der Waals surface area contributed by atoms with Crippen molar-refractivity contribution in [1.29, 1.82) is 0 Å². The molecule has 1 saturated carbocycles. The molecule has 0 spiro atoms. The summed E-state index contributed by atoms with van der Waals surface area (Å²) in [6.07, 6.45) is 0.619. The number of hydrogen-bond acceptors (Lipinski definition) is 3. The zero-order chi connectivity index (χ0) is 15.9. The van der Waals surface area contributed by atoms with Crippen molar-refractivity contribution < 1.29 is 14.3 Å². The van der Waals surface area contributed by atoms with Crippen molar-refractivity contribution in [3.63, 3.8) is 0 Å². The smallest absolute Gasteiger partial charge is 0.139 e. The van der Waals surface area contributed by atoms with Crippen LogP contribution < -0.4 is 0 Å². The van der Waals surface area contributed by atoms with E-state index in [2.05, 4.69) is 0 Å². The second kappa shape index (κ2) is 8.04. The molecule has 0 aromatic heterocycles. The van der Waals surface area contributed by atoms with Gasteiger partial charge >= 0.3 is 0 Å². The van der Waals surface area contributed by atoms with Crippen molar-refractivity contribution in [2.24, 2.45) is 11.8 Å². The summed E-state index contributed by atoms with van der Waals surface area (Å²) in [7, 11) is 0. The summed E-state index contributed by atoms with van der Waals surface area (Å²) < 4.78 is 11.5. The topological polar surface area (TPSA) is 35.5 Å². The first-order valence-corrected chi connectivity index (χ1v) is 8.09. The lowest BCUT2D eigenvalue weighted by Gasteiger charge is -2.34. The molecule has 0 aliphatic heterocycles. The highest BCUT2D eigenvalue weighted by Crippen LogP contribution is 2.31. The highest BCUT2D eigenvalue weighted by atomic mass is 16.5. The summed E-state index contributed by atoms with van der Waals surface area (Å²) in [5, 5.41) is 0. The van der Waals surface area contributed by atoms with Crippen LogP contribution in [-0.4, -0.2) is 19.0 Å². The molecule has 0 heterocycles. The normalized spacial score (nSPS) is 20.3. The third-order valence-electron chi connectivity index (χ3n) is 4.30. The number of hydrogen-bond donors (Lipinski definition) is 0. The van der Waals surface area contributed by atoms with Crippen LogP contribution in [0.25, 0.3) is 0 Å². The van der Waals surface area contributed by atoms with Gasteiger partial charge in [0.15, 0.2) is 0 Å². The van der Waals surface area contributed by atoms with Gasteiger partial charge in [0.1, 0.15) is 5.78 Å². The van der Waals surface area contributed by atoms with Gasteiger partial charge in [0.05, 0.1) is 26.4 Å². The third kappa shape index (κ3) is 4.50. The standard InChI is InChI=1S/C20H22O3/c21-20-11-18(14-22-12-16-7-3-1-4-8-16)19(20)15-23-13-17-9-5-2-6-10-17/h1-10,18-19H,11-15H2/t18-,19-/m0/s1. The summed E-state index contributed by atoms with van der Waals surface area (Å²) in [6, 6.07) is 20.1. The van der Waals surface area contributed by atoms with Gasteiger partial charge < -0.3 is 9.47 Å². The van der Waals surface area contributed by atoms with Gasteiger partial charge in [0, 0.05) is 18.3 Å². The summed E-state index contributed by atoms with van der Waals surface area (Å²) in [4.78, 5) is 11.8. The number of carbonyl (C=O) groups is 1. The highest BCUT2D eigenvalue weighted by molar-refractivity contribution is 5.87. The quantitative estimate of drug-likeness (QED) is 0.747. The fraction of sp³-hybridized carbons (Fsp3) is 0.350. The lowest BCUT2D eigenvalue weighted by atomic mass is 9.73. The van der Waals surface area contributed by atoms with Crippen molar-refractivity contribution in [1.82, 2.24) is 0 Å². The van der Waals surface area contributed by atoms with E-state index in [9.17, 15) is 4.79 Å². The molecule has 1 fully saturated rings. The Balaban J connectivity index is 1.38. The Morgan fingerprint density at radius 2 is 1.30 bits per heavy atom. The summed E-state index contributed by atoms with van der Waals surface area (Å²) >= 11 is 0. The second-order valence-corrected chi connectivity index (χ2v) is 6.04. The maximum atomic E-state index is 11.8. The van der Waals surface area contributed by atoms with Crippen LogP contribution in [0, 0.1) is 11.8 Å². The Hall–Kier alpha value is -1.97. The molecule has 1 aliphatic carbocycles. The van der Waals surface area contributed by atoms with Gasteiger partial charge in [0.25, 0.3) is 0 Å². The van der Waals surface area contributed by atoms with Gasteiger partial charge in [-0.05, 0) is 11.1 Å². The molecule has 2 atom stereocenters. The van der Waals surface area contributed by atoms with Crippen LogP contribution in [0.15, 0.2) is 60.7 Å². The van der Waals surface area contributed by atoms with Crippen LogP contribution in [0.3, 0.4) is 0 Å². The van der Waals surface area contributed by atoms with Gasteiger partial charge in [-0.1, -0.05) is 60.7 Å². The van der Waals surface area contributed by atoms with Gasteiger partial charge in [-0.2, -0.15) is 0 Å². The van der Waals surface area contributed by atoms with E-state index >= 15 is 0 Å². The number of ether oxygens (including phenoxy) is 2. The predicted molar refractivity (Wildman–Crippen MR) is 88.8 cm³/mol. The number of carbonyl (C=O) groups excluding carboxylic acids is 1. The summed E-state index contributed by atoms with van der Waals surface area (Å²) in [6.45, 7) is 2.28. The molecular formula is C20H22O3. The largest absolute Gasteiger partial charge is 0.376 e. The second-order valence-electron chi connectivity index (χ2n) is 6.04. The van der Waals surface area contributed by atoms with Gasteiger partial charge in [-0.15, -0.1) is 0 Å². The maximum Gasteiger partial charge on any atom is 0.139 e. The molecule has 0 radical (unpaired) electrons. The van der Waals surface area contributed by atoms with E-state index in [1.807, 2.05) is 60.7 Å². The molecule has 1 aliphatic rings. The average Bonchev–Trinajstić information content (AvgIpc) is 2.60.